The van der Waals surface area contributed by atoms with Crippen molar-refractivity contribution in [3.05, 3.63) is 83.7 Å². The van der Waals surface area contributed by atoms with Gasteiger partial charge in [0.2, 0.25) is 0 Å². The minimum absolute atomic E-state index is 0.136. The fraction of sp³-hybridized carbons (Fsp3) is 0.375. The molecule has 0 bridgehead atoms. The van der Waals surface area contributed by atoms with Gasteiger partial charge in [-0.15, -0.1) is 0 Å². The molecule has 206 valence electrons. The number of nitrogens with zero attached hydrogens (tertiary/aromatic N) is 2. The second-order valence-corrected chi connectivity index (χ2v) is 9.85. The molecule has 0 aliphatic heterocycles. The lowest BCUT2D eigenvalue weighted by Crippen LogP contribution is -2.25. The number of fused-ring (bicyclic) bond motifs is 1. The van der Waals surface area contributed by atoms with E-state index in [2.05, 4.69) is 60.1 Å². The van der Waals surface area contributed by atoms with Gasteiger partial charge in [-0.1, -0.05) is 44.2 Å². The molecule has 1 aromatic heterocycles. The average Bonchev–Trinajstić information content (AvgIpc) is 3.31. The number of imidazole rings is 1. The molecule has 39 heavy (non-hydrogen) atoms. The zero-order valence-electron chi connectivity index (χ0n) is 23.4. The van der Waals surface area contributed by atoms with Gasteiger partial charge >= 0.3 is 0 Å². The summed E-state index contributed by atoms with van der Waals surface area (Å²) >= 11 is 0. The zero-order chi connectivity index (χ0) is 27.6. The van der Waals surface area contributed by atoms with Gasteiger partial charge < -0.3 is 24.1 Å². The average molecular weight is 530 g/mol. The van der Waals surface area contributed by atoms with Crippen LogP contribution in [-0.2, 0) is 13.0 Å². The Morgan fingerprint density at radius 3 is 2.46 bits per heavy atom. The first-order valence-corrected chi connectivity index (χ1v) is 13.7. The van der Waals surface area contributed by atoms with Gasteiger partial charge in [-0.05, 0) is 67.1 Å². The Morgan fingerprint density at radius 1 is 0.897 bits per heavy atom. The summed E-state index contributed by atoms with van der Waals surface area (Å²) in [5, 5.41) is 3.01. The van der Waals surface area contributed by atoms with E-state index in [4.69, 9.17) is 19.2 Å². The van der Waals surface area contributed by atoms with Crippen LogP contribution < -0.4 is 19.5 Å². The zero-order valence-corrected chi connectivity index (χ0v) is 23.4. The van der Waals surface area contributed by atoms with Crippen molar-refractivity contribution in [2.45, 2.75) is 52.0 Å². The number of hydrogen-bond donors (Lipinski definition) is 1. The van der Waals surface area contributed by atoms with E-state index in [0.717, 1.165) is 54.8 Å². The number of amides is 1. The standard InChI is InChI=1S/C32H39N3O4/c1-23(2)25-12-5-8-15-28(25)39-21-10-9-20-35-27-14-7-6-13-26(27)34-31(35)16-11-19-33-32(36)24-17-18-29(37-3)30(22-24)38-4/h5-8,12-15,17-18,22-23H,9-11,16,19-21H2,1-4H3,(H,33,36). The van der Waals surface area contributed by atoms with Gasteiger partial charge in [0.25, 0.3) is 5.91 Å². The number of methoxy groups -OCH3 is 2. The predicted octanol–water partition coefficient (Wildman–Crippen LogP) is 6.40. The van der Waals surface area contributed by atoms with Gasteiger partial charge in [-0.25, -0.2) is 4.98 Å². The molecule has 0 radical (unpaired) electrons. The lowest BCUT2D eigenvalue weighted by Gasteiger charge is -2.14. The number of benzene rings is 3. The topological polar surface area (TPSA) is 74.6 Å². The highest BCUT2D eigenvalue weighted by Crippen LogP contribution is 2.28. The number of rotatable bonds is 14. The van der Waals surface area contributed by atoms with E-state index in [1.54, 1.807) is 32.4 Å². The van der Waals surface area contributed by atoms with E-state index in [1.807, 2.05) is 12.1 Å². The number of hydrogen-bond acceptors (Lipinski definition) is 5. The molecule has 7 nitrogen and oxygen atoms in total. The van der Waals surface area contributed by atoms with E-state index in [-0.39, 0.29) is 5.91 Å². The maximum absolute atomic E-state index is 12.7. The maximum atomic E-state index is 12.7. The number of nitrogens with one attached hydrogen (secondary N) is 1. The van der Waals surface area contributed by atoms with Crippen LogP contribution >= 0.6 is 0 Å². The molecular formula is C32H39N3O4. The second-order valence-electron chi connectivity index (χ2n) is 9.85. The fourth-order valence-electron chi connectivity index (χ4n) is 4.74. The quantitative estimate of drug-likeness (QED) is 0.191. The van der Waals surface area contributed by atoms with Gasteiger partial charge in [-0.2, -0.15) is 0 Å². The van der Waals surface area contributed by atoms with Crippen LogP contribution in [-0.4, -0.2) is 42.8 Å². The number of aromatic nitrogens is 2. The van der Waals surface area contributed by atoms with Crippen molar-refractivity contribution in [3.63, 3.8) is 0 Å². The van der Waals surface area contributed by atoms with Crippen LogP contribution in [0.2, 0.25) is 0 Å². The first-order valence-electron chi connectivity index (χ1n) is 13.7. The van der Waals surface area contributed by atoms with Crippen molar-refractivity contribution >= 4 is 16.9 Å². The van der Waals surface area contributed by atoms with Crippen molar-refractivity contribution in [1.29, 1.82) is 0 Å². The van der Waals surface area contributed by atoms with E-state index < -0.39 is 0 Å². The fourth-order valence-corrected chi connectivity index (χ4v) is 4.74. The van der Waals surface area contributed by atoms with Gasteiger partial charge in [0.05, 0.1) is 31.9 Å². The summed E-state index contributed by atoms with van der Waals surface area (Å²) < 4.78 is 19.0. The van der Waals surface area contributed by atoms with Crippen LogP contribution in [0.3, 0.4) is 0 Å². The molecule has 4 aromatic rings. The monoisotopic (exact) mass is 529 g/mol. The number of carbonyl (C=O) groups is 1. The second kappa shape index (κ2) is 13.7. The third-order valence-corrected chi connectivity index (χ3v) is 6.82. The molecule has 0 aliphatic rings. The predicted molar refractivity (Wildman–Crippen MR) is 155 cm³/mol. The SMILES string of the molecule is COc1ccc(C(=O)NCCCc2nc3ccccc3n2CCCCOc2ccccc2C(C)C)cc1OC. The Balaban J connectivity index is 1.30. The highest BCUT2D eigenvalue weighted by atomic mass is 16.5. The number of unbranched alkanes of at least 4 members (excludes halogenated alkanes) is 1. The van der Waals surface area contributed by atoms with Crippen molar-refractivity contribution in [1.82, 2.24) is 14.9 Å². The Hall–Kier alpha value is -4.00. The van der Waals surface area contributed by atoms with Crippen molar-refractivity contribution < 1.29 is 19.0 Å². The number of para-hydroxylation sites is 3. The molecule has 1 amide bonds. The van der Waals surface area contributed by atoms with Crippen LogP contribution in [0, 0.1) is 0 Å². The van der Waals surface area contributed by atoms with E-state index >= 15 is 0 Å². The Morgan fingerprint density at radius 2 is 1.67 bits per heavy atom. The molecule has 0 atom stereocenters. The highest BCUT2D eigenvalue weighted by molar-refractivity contribution is 5.94. The number of aryl methyl sites for hydroxylation is 2. The van der Waals surface area contributed by atoms with E-state index in [9.17, 15) is 4.79 Å². The summed E-state index contributed by atoms with van der Waals surface area (Å²) in [6, 6.07) is 21.7. The van der Waals surface area contributed by atoms with E-state index in [1.165, 1.54) is 5.56 Å². The summed E-state index contributed by atoms with van der Waals surface area (Å²) in [7, 11) is 3.14. The van der Waals surface area contributed by atoms with Crippen molar-refractivity contribution in [3.8, 4) is 17.2 Å². The molecule has 0 aliphatic carbocycles. The van der Waals surface area contributed by atoms with E-state index in [0.29, 0.717) is 36.1 Å². The minimum atomic E-state index is -0.136. The molecule has 0 spiro atoms. The summed E-state index contributed by atoms with van der Waals surface area (Å²) in [6.07, 6.45) is 3.52. The van der Waals surface area contributed by atoms with Crippen LogP contribution in [0.5, 0.6) is 17.2 Å². The molecule has 4 rings (SSSR count). The third kappa shape index (κ3) is 7.11. The van der Waals surface area contributed by atoms with Crippen LogP contribution in [0.4, 0.5) is 0 Å². The maximum Gasteiger partial charge on any atom is 0.251 e. The largest absolute Gasteiger partial charge is 0.493 e. The molecule has 7 heteroatoms. The Kier molecular flexibility index (Phi) is 9.84. The van der Waals surface area contributed by atoms with Gasteiger partial charge in [0.15, 0.2) is 11.5 Å². The number of ether oxygens (including phenoxy) is 3. The molecule has 3 aromatic carbocycles. The minimum Gasteiger partial charge on any atom is -0.493 e. The molecular weight excluding hydrogens is 490 g/mol. The first-order chi connectivity index (χ1) is 19.0. The third-order valence-electron chi connectivity index (χ3n) is 6.82. The first kappa shape index (κ1) is 28.0. The highest BCUT2D eigenvalue weighted by Gasteiger charge is 2.13. The molecule has 0 fully saturated rings. The summed E-state index contributed by atoms with van der Waals surface area (Å²) in [6.45, 7) is 6.50. The summed E-state index contributed by atoms with van der Waals surface area (Å²) in [5.41, 5.74) is 3.94. The number of carbonyl (C=O) groups excluding carboxylic acids is 1. The van der Waals surface area contributed by atoms with Crippen molar-refractivity contribution in [2.75, 3.05) is 27.4 Å². The normalized spacial score (nSPS) is 11.1. The Labute approximate surface area is 231 Å². The molecule has 1 N–H and O–H groups in total. The summed E-state index contributed by atoms with van der Waals surface area (Å²) in [4.78, 5) is 17.6. The lowest BCUT2D eigenvalue weighted by molar-refractivity contribution is 0.0952. The smallest absolute Gasteiger partial charge is 0.251 e. The van der Waals surface area contributed by atoms with Crippen LogP contribution in [0.25, 0.3) is 11.0 Å². The molecule has 1 heterocycles. The Bertz CT molecular complexity index is 1380. The van der Waals surface area contributed by atoms with Crippen LogP contribution in [0.15, 0.2) is 66.7 Å². The lowest BCUT2D eigenvalue weighted by atomic mass is 10.0. The molecule has 0 unspecified atom stereocenters. The van der Waals surface area contributed by atoms with Crippen molar-refractivity contribution in [2.24, 2.45) is 0 Å². The molecule has 0 saturated carbocycles. The van der Waals surface area contributed by atoms with Crippen LogP contribution in [0.1, 0.15) is 60.8 Å². The van der Waals surface area contributed by atoms with Gasteiger partial charge in [-0.3, -0.25) is 4.79 Å². The van der Waals surface area contributed by atoms with Gasteiger partial charge in [0.1, 0.15) is 11.6 Å². The summed E-state index contributed by atoms with van der Waals surface area (Å²) in [5.74, 6) is 3.46. The van der Waals surface area contributed by atoms with Gasteiger partial charge in [0, 0.05) is 25.1 Å². The molecule has 0 saturated heterocycles.